The Bertz CT molecular complexity index is 541. The molecule has 0 saturated carbocycles. The summed E-state index contributed by atoms with van der Waals surface area (Å²) in [6.07, 6.45) is 2.18. The molecule has 6 heteroatoms. The predicted octanol–water partition coefficient (Wildman–Crippen LogP) is 0.944. The van der Waals surface area contributed by atoms with Gasteiger partial charge in [-0.2, -0.15) is 0 Å². The third-order valence-corrected chi connectivity index (χ3v) is 5.38. The molecule has 2 rings (SSSR count). The lowest BCUT2D eigenvalue weighted by Crippen LogP contribution is -2.42. The van der Waals surface area contributed by atoms with E-state index in [4.69, 9.17) is 5.73 Å². The second kappa shape index (κ2) is 7.35. The summed E-state index contributed by atoms with van der Waals surface area (Å²) in [5.41, 5.74) is 6.64. The van der Waals surface area contributed by atoms with Crippen LogP contribution in [0.15, 0.2) is 29.2 Å². The maximum absolute atomic E-state index is 12.2. The molecule has 1 unspecified atom stereocenters. The average molecular weight is 311 g/mol. The Kier molecular flexibility index (Phi) is 5.75. The number of nitrogens with zero attached hydrogens (tertiary/aromatic N) is 1. The van der Waals surface area contributed by atoms with Crippen LogP contribution in [0, 0.1) is 12.8 Å². The van der Waals surface area contributed by atoms with Crippen molar-refractivity contribution in [1.29, 1.82) is 0 Å². The van der Waals surface area contributed by atoms with Crippen molar-refractivity contribution in [2.75, 3.05) is 32.7 Å². The SMILES string of the molecule is Cc1ccc(S(=O)(=O)NCC2CCCN(CCN)C2)cc1. The molecule has 0 amide bonds. The standard InChI is InChI=1S/C15H25N3O2S/c1-13-4-6-15(7-5-13)21(19,20)17-11-14-3-2-9-18(12-14)10-8-16/h4-7,14,17H,2-3,8-12,16H2,1H3. The van der Waals surface area contributed by atoms with E-state index in [1.807, 2.05) is 19.1 Å². The summed E-state index contributed by atoms with van der Waals surface area (Å²) in [7, 11) is -3.40. The van der Waals surface area contributed by atoms with Gasteiger partial charge in [0.25, 0.3) is 0 Å². The van der Waals surface area contributed by atoms with Crippen LogP contribution in [-0.4, -0.2) is 46.0 Å². The van der Waals surface area contributed by atoms with Gasteiger partial charge in [-0.1, -0.05) is 17.7 Å². The van der Waals surface area contributed by atoms with Crippen molar-refractivity contribution in [1.82, 2.24) is 9.62 Å². The zero-order chi connectivity index (χ0) is 15.3. The zero-order valence-corrected chi connectivity index (χ0v) is 13.4. The molecule has 0 radical (unpaired) electrons. The summed E-state index contributed by atoms with van der Waals surface area (Å²) in [4.78, 5) is 2.65. The number of nitrogens with one attached hydrogen (secondary N) is 1. The first-order valence-corrected chi connectivity index (χ1v) is 8.98. The summed E-state index contributed by atoms with van der Waals surface area (Å²) in [5, 5.41) is 0. The molecule has 3 N–H and O–H groups in total. The van der Waals surface area contributed by atoms with Crippen LogP contribution in [0.1, 0.15) is 18.4 Å². The number of piperidine rings is 1. The molecule has 1 aliphatic heterocycles. The number of hydrogen-bond donors (Lipinski definition) is 2. The largest absolute Gasteiger partial charge is 0.329 e. The van der Waals surface area contributed by atoms with Gasteiger partial charge in [0.1, 0.15) is 0 Å². The molecule has 1 aromatic rings. The quantitative estimate of drug-likeness (QED) is 0.820. The number of rotatable bonds is 6. The maximum atomic E-state index is 12.2. The van der Waals surface area contributed by atoms with Crippen LogP contribution in [0.5, 0.6) is 0 Å². The minimum absolute atomic E-state index is 0.336. The summed E-state index contributed by atoms with van der Waals surface area (Å²) in [6, 6.07) is 6.94. The minimum Gasteiger partial charge on any atom is -0.329 e. The summed E-state index contributed by atoms with van der Waals surface area (Å²) in [5.74, 6) is 0.366. The molecule has 21 heavy (non-hydrogen) atoms. The highest BCUT2D eigenvalue weighted by Crippen LogP contribution is 2.16. The molecular formula is C15H25N3O2S. The third-order valence-electron chi connectivity index (χ3n) is 3.94. The Morgan fingerprint density at radius 1 is 1.33 bits per heavy atom. The van der Waals surface area contributed by atoms with Crippen molar-refractivity contribution in [2.24, 2.45) is 11.7 Å². The Morgan fingerprint density at radius 3 is 2.71 bits per heavy atom. The van der Waals surface area contributed by atoms with E-state index in [0.717, 1.165) is 38.0 Å². The van der Waals surface area contributed by atoms with Crippen LogP contribution < -0.4 is 10.5 Å². The number of sulfonamides is 1. The molecule has 1 atom stereocenters. The lowest BCUT2D eigenvalue weighted by molar-refractivity contribution is 0.180. The van der Waals surface area contributed by atoms with Crippen LogP contribution in [0.2, 0.25) is 0 Å². The normalized spacial score (nSPS) is 20.6. The van der Waals surface area contributed by atoms with E-state index in [0.29, 0.717) is 23.9 Å². The maximum Gasteiger partial charge on any atom is 0.240 e. The second-order valence-corrected chi connectivity index (χ2v) is 7.53. The van der Waals surface area contributed by atoms with Gasteiger partial charge in [0.2, 0.25) is 10.0 Å². The van der Waals surface area contributed by atoms with Gasteiger partial charge in [0.05, 0.1) is 4.90 Å². The number of nitrogens with two attached hydrogens (primary N) is 1. The molecule has 1 fully saturated rings. The van der Waals surface area contributed by atoms with Crippen LogP contribution in [0.4, 0.5) is 0 Å². The van der Waals surface area contributed by atoms with E-state index in [1.54, 1.807) is 12.1 Å². The van der Waals surface area contributed by atoms with Gasteiger partial charge in [0.15, 0.2) is 0 Å². The Labute approximate surface area is 127 Å². The van der Waals surface area contributed by atoms with Crippen LogP contribution >= 0.6 is 0 Å². The summed E-state index contributed by atoms with van der Waals surface area (Å²) < 4.78 is 27.2. The number of aryl methyl sites for hydroxylation is 1. The number of hydrogen-bond acceptors (Lipinski definition) is 4. The van der Waals surface area contributed by atoms with Gasteiger partial charge in [-0.25, -0.2) is 13.1 Å². The molecule has 1 aliphatic rings. The van der Waals surface area contributed by atoms with Crippen molar-refractivity contribution in [3.05, 3.63) is 29.8 Å². The third kappa shape index (κ3) is 4.78. The number of benzene rings is 1. The first-order valence-electron chi connectivity index (χ1n) is 7.50. The van der Waals surface area contributed by atoms with Crippen LogP contribution in [-0.2, 0) is 10.0 Å². The molecule has 0 aromatic heterocycles. The molecule has 0 aliphatic carbocycles. The fourth-order valence-corrected chi connectivity index (χ4v) is 3.85. The molecule has 1 saturated heterocycles. The van der Waals surface area contributed by atoms with Gasteiger partial charge in [0, 0.05) is 26.2 Å². The highest BCUT2D eigenvalue weighted by molar-refractivity contribution is 7.89. The summed E-state index contributed by atoms with van der Waals surface area (Å²) in [6.45, 7) is 5.98. The lowest BCUT2D eigenvalue weighted by atomic mass is 9.98. The Balaban J connectivity index is 1.91. The minimum atomic E-state index is -3.40. The Morgan fingerprint density at radius 2 is 2.05 bits per heavy atom. The molecule has 5 nitrogen and oxygen atoms in total. The molecule has 0 bridgehead atoms. The van der Waals surface area contributed by atoms with Crippen molar-refractivity contribution in [2.45, 2.75) is 24.7 Å². The zero-order valence-electron chi connectivity index (χ0n) is 12.6. The molecule has 118 valence electrons. The fourth-order valence-electron chi connectivity index (χ4n) is 2.73. The monoisotopic (exact) mass is 311 g/mol. The van der Waals surface area contributed by atoms with E-state index in [1.165, 1.54) is 0 Å². The van der Waals surface area contributed by atoms with Crippen LogP contribution in [0.25, 0.3) is 0 Å². The summed E-state index contributed by atoms with van der Waals surface area (Å²) >= 11 is 0. The van der Waals surface area contributed by atoms with Crippen molar-refractivity contribution < 1.29 is 8.42 Å². The van der Waals surface area contributed by atoms with Gasteiger partial charge in [-0.05, 0) is 44.4 Å². The fraction of sp³-hybridized carbons (Fsp3) is 0.600. The molecule has 0 spiro atoms. The molecule has 1 heterocycles. The average Bonchev–Trinajstić information content (AvgIpc) is 2.47. The van der Waals surface area contributed by atoms with E-state index in [2.05, 4.69) is 9.62 Å². The van der Waals surface area contributed by atoms with Gasteiger partial charge >= 0.3 is 0 Å². The highest BCUT2D eigenvalue weighted by atomic mass is 32.2. The highest BCUT2D eigenvalue weighted by Gasteiger charge is 2.22. The lowest BCUT2D eigenvalue weighted by Gasteiger charge is -2.32. The van der Waals surface area contributed by atoms with E-state index in [9.17, 15) is 8.42 Å². The Hall–Kier alpha value is -0.950. The topological polar surface area (TPSA) is 75.4 Å². The van der Waals surface area contributed by atoms with Gasteiger partial charge < -0.3 is 10.6 Å². The second-order valence-electron chi connectivity index (χ2n) is 5.76. The van der Waals surface area contributed by atoms with E-state index < -0.39 is 10.0 Å². The van der Waals surface area contributed by atoms with Gasteiger partial charge in [-0.3, -0.25) is 0 Å². The number of likely N-dealkylation sites (tertiary alicyclic amines) is 1. The molecular weight excluding hydrogens is 286 g/mol. The van der Waals surface area contributed by atoms with E-state index in [-0.39, 0.29) is 0 Å². The van der Waals surface area contributed by atoms with Crippen molar-refractivity contribution >= 4 is 10.0 Å². The van der Waals surface area contributed by atoms with E-state index >= 15 is 0 Å². The van der Waals surface area contributed by atoms with Crippen molar-refractivity contribution in [3.8, 4) is 0 Å². The molecule has 1 aromatic carbocycles. The van der Waals surface area contributed by atoms with Crippen LogP contribution in [0.3, 0.4) is 0 Å². The van der Waals surface area contributed by atoms with Gasteiger partial charge in [-0.15, -0.1) is 0 Å². The first kappa shape index (κ1) is 16.4. The first-order chi connectivity index (χ1) is 10.0. The predicted molar refractivity (Wildman–Crippen MR) is 84.6 cm³/mol. The van der Waals surface area contributed by atoms with Crippen molar-refractivity contribution in [3.63, 3.8) is 0 Å². The smallest absolute Gasteiger partial charge is 0.240 e.